The number of phosphoric acid groups is 2. The summed E-state index contributed by atoms with van der Waals surface area (Å²) in [4.78, 5) is 48.8. The maximum Gasteiger partial charge on any atom is 0.481 e. The smallest absolute Gasteiger partial charge is 0.387 e. The highest BCUT2D eigenvalue weighted by Crippen LogP contribution is 2.58. The van der Waals surface area contributed by atoms with Crippen molar-refractivity contribution in [2.75, 3.05) is 18.9 Å². The van der Waals surface area contributed by atoms with Crippen molar-refractivity contribution in [2.45, 2.75) is 24.0 Å². The molecule has 0 aliphatic carbocycles. The van der Waals surface area contributed by atoms with Crippen LogP contribution in [0.25, 0.3) is 11.2 Å². The number of phosphoric ester groups is 1. The van der Waals surface area contributed by atoms with E-state index in [4.69, 9.17) is 25.0 Å². The van der Waals surface area contributed by atoms with Gasteiger partial charge >= 0.3 is 15.6 Å². The van der Waals surface area contributed by atoms with E-state index in [9.17, 15) is 23.9 Å². The lowest BCUT2D eigenvalue weighted by atomic mass is 10.0. The molecule has 2 aliphatic heterocycles. The first kappa shape index (κ1) is 20.6. The summed E-state index contributed by atoms with van der Waals surface area (Å²) in [5.41, 5.74) is 3.30. The molecule has 7 N–H and O–H groups in total. The summed E-state index contributed by atoms with van der Waals surface area (Å²) in [5.74, 6) is -0.178. The molecule has 0 radical (unpaired) electrons. The van der Waals surface area contributed by atoms with Gasteiger partial charge in [-0.05, 0) is 0 Å². The first-order chi connectivity index (χ1) is 13.4. The van der Waals surface area contributed by atoms with Crippen molar-refractivity contribution >= 4 is 32.8 Å². The average Bonchev–Trinajstić information content (AvgIpc) is 3.21. The quantitative estimate of drug-likeness (QED) is 0.257. The molecule has 0 spiro atoms. The number of hydrogen-bond donors (Lipinski definition) is 6. The zero-order chi connectivity index (χ0) is 21.2. The molecule has 160 valence electrons. The van der Waals surface area contributed by atoms with E-state index in [1.807, 2.05) is 0 Å². The monoisotopic (exact) mass is 455 g/mol. The summed E-state index contributed by atoms with van der Waals surface area (Å²) in [6, 6.07) is 0. The van der Waals surface area contributed by atoms with Crippen molar-refractivity contribution in [1.29, 1.82) is 0 Å². The lowest BCUT2D eigenvalue weighted by molar-refractivity contribution is -0.183. The van der Waals surface area contributed by atoms with Crippen LogP contribution in [0.5, 0.6) is 0 Å². The third kappa shape index (κ3) is 3.64. The second-order valence-electron chi connectivity index (χ2n) is 6.38. The highest BCUT2D eigenvalue weighted by atomic mass is 31.3. The van der Waals surface area contributed by atoms with Crippen molar-refractivity contribution < 1.29 is 47.2 Å². The number of aliphatic hydroxyl groups excluding tert-OH is 1. The molecule has 0 saturated carbocycles. The number of nitrogens with two attached hydrogens (primary N) is 1. The van der Waals surface area contributed by atoms with Crippen molar-refractivity contribution in [3.8, 4) is 0 Å². The fraction of sp³-hybridized carbons (Fsp3) is 0.545. The molecule has 2 aromatic rings. The number of nitrogens with zero attached hydrogens (tertiary/aromatic N) is 3. The summed E-state index contributed by atoms with van der Waals surface area (Å²) in [7, 11) is -10.5. The van der Waals surface area contributed by atoms with Gasteiger partial charge < -0.3 is 35.0 Å². The van der Waals surface area contributed by atoms with Gasteiger partial charge in [0, 0.05) is 0 Å². The van der Waals surface area contributed by atoms with Gasteiger partial charge in [0.25, 0.3) is 5.56 Å². The molecular formula is C11H15N5O11P2. The first-order valence-corrected chi connectivity index (χ1v) is 10.9. The van der Waals surface area contributed by atoms with E-state index in [0.29, 0.717) is 0 Å². The van der Waals surface area contributed by atoms with Crippen LogP contribution in [0.1, 0.15) is 6.23 Å². The van der Waals surface area contributed by atoms with E-state index < -0.39 is 51.8 Å². The number of hydrogen-bond acceptors (Lipinski definition) is 11. The van der Waals surface area contributed by atoms with Gasteiger partial charge in [-0.2, -0.15) is 9.29 Å². The number of imidazole rings is 1. The Balaban J connectivity index is 1.60. The highest BCUT2D eigenvalue weighted by Gasteiger charge is 2.62. The van der Waals surface area contributed by atoms with E-state index in [0.717, 1.165) is 0 Å². The Morgan fingerprint density at radius 2 is 2.14 bits per heavy atom. The minimum atomic E-state index is -5.31. The average molecular weight is 455 g/mol. The zero-order valence-electron chi connectivity index (χ0n) is 14.2. The molecular weight excluding hydrogens is 440 g/mol. The number of H-pyrrole nitrogens is 1. The lowest BCUT2D eigenvalue weighted by Crippen LogP contribution is -2.44. The highest BCUT2D eigenvalue weighted by molar-refractivity contribution is 7.60. The van der Waals surface area contributed by atoms with Gasteiger partial charge in [-0.1, -0.05) is 0 Å². The van der Waals surface area contributed by atoms with Crippen molar-refractivity contribution in [3.63, 3.8) is 0 Å². The first-order valence-electron chi connectivity index (χ1n) is 7.85. The van der Waals surface area contributed by atoms with Gasteiger partial charge in [-0.25, -0.2) is 14.1 Å². The Labute approximate surface area is 160 Å². The molecule has 4 rings (SSSR count). The van der Waals surface area contributed by atoms with Crippen LogP contribution in [0, 0.1) is 0 Å². The number of ether oxygens (including phenoxy) is 2. The number of aliphatic hydroxyl groups is 1. The van der Waals surface area contributed by atoms with Crippen molar-refractivity contribution in [3.05, 3.63) is 16.7 Å². The molecule has 2 aliphatic rings. The standard InChI is InChI=1S/C11H15N5O11P2/c12-10-14-7-4(8(18)15-10)13-3-16(7)9-5-6(17)11(26-9,1-24-5)2-25-29(22,23)27-28(19,20)21/h3,5-6,9,17H,1-2H2,(H,22,23)(H2,19,20,21)(H3,12,14,15,18)/t5-,6+,9-,11-/m1/s1. The van der Waals surface area contributed by atoms with Gasteiger partial charge in [0.2, 0.25) is 5.95 Å². The molecule has 2 saturated heterocycles. The molecule has 29 heavy (non-hydrogen) atoms. The van der Waals surface area contributed by atoms with Crippen LogP contribution in [0.15, 0.2) is 11.1 Å². The second kappa shape index (κ2) is 6.65. The van der Waals surface area contributed by atoms with Crippen LogP contribution < -0.4 is 11.3 Å². The second-order valence-corrected chi connectivity index (χ2v) is 9.21. The lowest BCUT2D eigenvalue weighted by Gasteiger charge is -2.31. The van der Waals surface area contributed by atoms with E-state index in [1.54, 1.807) is 0 Å². The van der Waals surface area contributed by atoms with Crippen molar-refractivity contribution in [1.82, 2.24) is 19.5 Å². The normalized spacial score (nSPS) is 31.4. The maximum absolute atomic E-state index is 11.9. The van der Waals surface area contributed by atoms with Gasteiger partial charge in [-0.3, -0.25) is 18.9 Å². The number of nitrogens with one attached hydrogen (secondary N) is 1. The van der Waals surface area contributed by atoms with E-state index in [-0.39, 0.29) is 23.7 Å². The molecule has 4 heterocycles. The van der Waals surface area contributed by atoms with Gasteiger partial charge in [-0.15, -0.1) is 0 Å². The van der Waals surface area contributed by atoms with Gasteiger partial charge in [0.1, 0.15) is 17.8 Å². The molecule has 2 aromatic heterocycles. The number of rotatable bonds is 6. The fourth-order valence-corrected chi connectivity index (χ4v) is 4.86. The Morgan fingerprint density at radius 3 is 2.83 bits per heavy atom. The van der Waals surface area contributed by atoms with E-state index in [1.165, 1.54) is 10.9 Å². The predicted octanol–water partition coefficient (Wildman–Crippen LogP) is -2.04. The molecule has 2 fully saturated rings. The summed E-state index contributed by atoms with van der Waals surface area (Å²) < 4.78 is 43.3. The van der Waals surface area contributed by atoms with E-state index in [2.05, 4.69) is 23.8 Å². The number of anilines is 1. The van der Waals surface area contributed by atoms with Crippen LogP contribution in [0.2, 0.25) is 0 Å². The summed E-state index contributed by atoms with van der Waals surface area (Å²) in [6.07, 6.45) is -2.18. The van der Waals surface area contributed by atoms with E-state index >= 15 is 0 Å². The Hall–Kier alpha value is -1.71. The third-order valence-corrected chi connectivity index (χ3v) is 6.54. The molecule has 16 nitrogen and oxygen atoms in total. The van der Waals surface area contributed by atoms with Crippen LogP contribution in [0.4, 0.5) is 5.95 Å². The Bertz CT molecular complexity index is 1110. The Morgan fingerprint density at radius 1 is 1.41 bits per heavy atom. The zero-order valence-corrected chi connectivity index (χ0v) is 16.0. The SMILES string of the molecule is Nc1nc2c(ncn2[C@@H]2O[C@@]3(COP(=O)(O)OP(=O)(O)O)CO[C@@H]2[C@@H]3O)c(=O)[nH]1. The van der Waals surface area contributed by atoms with Crippen LogP contribution in [-0.4, -0.2) is 70.3 Å². The van der Waals surface area contributed by atoms with Gasteiger partial charge in [0.15, 0.2) is 17.4 Å². The largest absolute Gasteiger partial charge is 0.481 e. The number of nitrogen functional groups attached to an aromatic ring is 1. The molecule has 2 bridgehead atoms. The van der Waals surface area contributed by atoms with Crippen LogP contribution >= 0.6 is 15.6 Å². The fourth-order valence-electron chi connectivity index (χ4n) is 3.22. The van der Waals surface area contributed by atoms with Crippen molar-refractivity contribution in [2.24, 2.45) is 0 Å². The maximum atomic E-state index is 11.9. The summed E-state index contributed by atoms with van der Waals surface area (Å²) >= 11 is 0. The topological polar surface area (TPSA) is 242 Å². The minimum absolute atomic E-state index is 0.0414. The number of aromatic nitrogens is 4. The molecule has 0 aromatic carbocycles. The molecule has 0 amide bonds. The van der Waals surface area contributed by atoms with Crippen LogP contribution in [-0.2, 0) is 27.4 Å². The number of fused-ring (bicyclic) bond motifs is 3. The minimum Gasteiger partial charge on any atom is -0.387 e. The predicted molar refractivity (Wildman–Crippen MR) is 90.1 cm³/mol. The summed E-state index contributed by atoms with van der Waals surface area (Å²) in [6.45, 7) is -1.05. The Kier molecular flexibility index (Phi) is 4.71. The summed E-state index contributed by atoms with van der Waals surface area (Å²) in [5, 5.41) is 10.5. The molecule has 18 heteroatoms. The molecule has 5 atom stereocenters. The molecule has 1 unspecified atom stereocenters. The number of aromatic amines is 1. The van der Waals surface area contributed by atoms with Crippen LogP contribution in [0.3, 0.4) is 0 Å². The van der Waals surface area contributed by atoms with Gasteiger partial charge in [0.05, 0.1) is 19.5 Å². The third-order valence-electron chi connectivity index (χ3n) is 4.41.